The van der Waals surface area contributed by atoms with Crippen LogP contribution in [0.2, 0.25) is 0 Å². The van der Waals surface area contributed by atoms with Gasteiger partial charge in [-0.05, 0) is 25.0 Å². The Morgan fingerprint density at radius 3 is 2.80 bits per heavy atom. The predicted octanol–water partition coefficient (Wildman–Crippen LogP) is 2.61. The number of thiazole rings is 1. The molecular weight excluding hydrogens is 338 g/mol. The van der Waals surface area contributed by atoms with Gasteiger partial charge in [-0.2, -0.15) is 0 Å². The maximum Gasteiger partial charge on any atom is 0.249 e. The van der Waals surface area contributed by atoms with Crippen LogP contribution in [0.25, 0.3) is 11.3 Å². The van der Waals surface area contributed by atoms with Crippen LogP contribution in [0.5, 0.6) is 0 Å². The largest absolute Gasteiger partial charge is 0.368 e. The van der Waals surface area contributed by atoms with E-state index in [9.17, 15) is 9.59 Å². The molecule has 0 saturated carbocycles. The summed E-state index contributed by atoms with van der Waals surface area (Å²) in [6.07, 6.45) is 2.18. The molecular formula is C18H21N3O3S. The highest BCUT2D eigenvalue weighted by molar-refractivity contribution is 7.09. The molecule has 1 aromatic carbocycles. The Hall–Kier alpha value is -2.25. The van der Waals surface area contributed by atoms with Crippen LogP contribution in [0.4, 0.5) is 5.69 Å². The highest BCUT2D eigenvalue weighted by Crippen LogP contribution is 2.23. The Kier molecular flexibility index (Phi) is 5.78. The smallest absolute Gasteiger partial charge is 0.249 e. The number of benzene rings is 1. The minimum absolute atomic E-state index is 0.0251. The summed E-state index contributed by atoms with van der Waals surface area (Å²) in [7, 11) is 0. The number of hydrogen-bond acceptors (Lipinski definition) is 5. The number of carbonyl (C=O) groups is 2. The number of rotatable bonds is 6. The van der Waals surface area contributed by atoms with Crippen molar-refractivity contribution >= 4 is 28.8 Å². The standard InChI is InChI=1S/C18H21N3O3S/c1-12(22)20-14-6-4-13(5-7-14)15-11-25-17(21-15)8-9-19-18(23)16-3-2-10-24-16/h4-7,11,16H,2-3,8-10H2,1H3,(H,19,23)(H,20,22). The molecule has 1 aliphatic rings. The van der Waals surface area contributed by atoms with Crippen LogP contribution < -0.4 is 10.6 Å². The Morgan fingerprint density at radius 1 is 1.32 bits per heavy atom. The molecule has 1 aliphatic heterocycles. The van der Waals surface area contributed by atoms with Gasteiger partial charge < -0.3 is 15.4 Å². The van der Waals surface area contributed by atoms with Crippen molar-refractivity contribution in [1.29, 1.82) is 0 Å². The monoisotopic (exact) mass is 359 g/mol. The first-order chi connectivity index (χ1) is 12.1. The number of hydrogen-bond donors (Lipinski definition) is 2. The van der Waals surface area contributed by atoms with Gasteiger partial charge in [0.2, 0.25) is 11.8 Å². The second-order valence-corrected chi connectivity index (χ2v) is 6.87. The molecule has 0 aliphatic carbocycles. The summed E-state index contributed by atoms with van der Waals surface area (Å²) < 4.78 is 5.36. The zero-order chi connectivity index (χ0) is 17.6. The fourth-order valence-corrected chi connectivity index (χ4v) is 3.48. The van der Waals surface area contributed by atoms with Crippen molar-refractivity contribution < 1.29 is 14.3 Å². The van der Waals surface area contributed by atoms with Gasteiger partial charge in [-0.3, -0.25) is 9.59 Å². The highest BCUT2D eigenvalue weighted by Gasteiger charge is 2.22. The zero-order valence-corrected chi connectivity index (χ0v) is 14.9. The van der Waals surface area contributed by atoms with E-state index in [-0.39, 0.29) is 17.9 Å². The number of aromatic nitrogens is 1. The van der Waals surface area contributed by atoms with Crippen molar-refractivity contribution in [3.05, 3.63) is 34.7 Å². The molecule has 2 heterocycles. The van der Waals surface area contributed by atoms with Crippen molar-refractivity contribution in [3.8, 4) is 11.3 Å². The number of carbonyl (C=O) groups excluding carboxylic acids is 2. The summed E-state index contributed by atoms with van der Waals surface area (Å²) in [5.74, 6) is -0.114. The van der Waals surface area contributed by atoms with Crippen molar-refractivity contribution in [2.75, 3.05) is 18.5 Å². The number of nitrogens with zero attached hydrogens (tertiary/aromatic N) is 1. The summed E-state index contributed by atoms with van der Waals surface area (Å²) >= 11 is 1.58. The van der Waals surface area contributed by atoms with Gasteiger partial charge in [0.1, 0.15) is 6.10 Å². The highest BCUT2D eigenvalue weighted by atomic mass is 32.1. The summed E-state index contributed by atoms with van der Waals surface area (Å²) in [6.45, 7) is 2.72. The van der Waals surface area contributed by atoms with Crippen LogP contribution in [0.3, 0.4) is 0 Å². The molecule has 0 radical (unpaired) electrons. The second-order valence-electron chi connectivity index (χ2n) is 5.93. The van der Waals surface area contributed by atoms with Gasteiger partial charge in [-0.15, -0.1) is 11.3 Å². The molecule has 1 unspecified atom stereocenters. The molecule has 2 N–H and O–H groups in total. The van der Waals surface area contributed by atoms with E-state index in [4.69, 9.17) is 4.74 Å². The fraction of sp³-hybridized carbons (Fsp3) is 0.389. The summed E-state index contributed by atoms with van der Waals surface area (Å²) in [5, 5.41) is 8.64. The van der Waals surface area contributed by atoms with Crippen molar-refractivity contribution in [2.45, 2.75) is 32.3 Å². The van der Waals surface area contributed by atoms with Gasteiger partial charge in [0, 0.05) is 43.1 Å². The molecule has 2 amide bonds. The van der Waals surface area contributed by atoms with E-state index in [0.29, 0.717) is 19.6 Å². The van der Waals surface area contributed by atoms with E-state index in [1.165, 1.54) is 6.92 Å². The normalized spacial score (nSPS) is 16.6. The first-order valence-corrected chi connectivity index (χ1v) is 9.21. The van der Waals surface area contributed by atoms with Crippen LogP contribution >= 0.6 is 11.3 Å². The molecule has 1 atom stereocenters. The molecule has 1 aromatic heterocycles. The average molecular weight is 359 g/mol. The van der Waals surface area contributed by atoms with Gasteiger partial charge in [-0.25, -0.2) is 4.98 Å². The molecule has 132 valence electrons. The van der Waals surface area contributed by atoms with E-state index < -0.39 is 0 Å². The molecule has 2 aromatic rings. The maximum atomic E-state index is 11.9. The zero-order valence-electron chi connectivity index (χ0n) is 14.1. The lowest BCUT2D eigenvalue weighted by Crippen LogP contribution is -2.35. The van der Waals surface area contributed by atoms with Crippen LogP contribution in [0.15, 0.2) is 29.6 Å². The summed E-state index contributed by atoms with van der Waals surface area (Å²) in [6, 6.07) is 7.59. The molecule has 1 saturated heterocycles. The van der Waals surface area contributed by atoms with E-state index in [0.717, 1.165) is 34.8 Å². The van der Waals surface area contributed by atoms with Crippen molar-refractivity contribution in [1.82, 2.24) is 10.3 Å². The lowest BCUT2D eigenvalue weighted by molar-refractivity contribution is -0.130. The first kappa shape index (κ1) is 17.6. The Bertz CT molecular complexity index is 736. The van der Waals surface area contributed by atoms with E-state index in [2.05, 4.69) is 15.6 Å². The fourth-order valence-electron chi connectivity index (χ4n) is 2.68. The minimum atomic E-state index is -0.283. The van der Waals surface area contributed by atoms with Crippen LogP contribution in [-0.4, -0.2) is 36.1 Å². The number of anilines is 1. The van der Waals surface area contributed by atoms with E-state index in [1.54, 1.807) is 11.3 Å². The van der Waals surface area contributed by atoms with Crippen molar-refractivity contribution in [2.24, 2.45) is 0 Å². The Balaban J connectivity index is 1.51. The topological polar surface area (TPSA) is 80.3 Å². The van der Waals surface area contributed by atoms with Gasteiger partial charge in [0.15, 0.2) is 0 Å². The van der Waals surface area contributed by atoms with Crippen LogP contribution in [0, 0.1) is 0 Å². The minimum Gasteiger partial charge on any atom is -0.368 e. The number of amides is 2. The van der Waals surface area contributed by atoms with Crippen LogP contribution in [0.1, 0.15) is 24.8 Å². The summed E-state index contributed by atoms with van der Waals surface area (Å²) in [4.78, 5) is 27.5. The molecule has 0 spiro atoms. The predicted molar refractivity (Wildman–Crippen MR) is 97.5 cm³/mol. The van der Waals surface area contributed by atoms with Gasteiger partial charge >= 0.3 is 0 Å². The first-order valence-electron chi connectivity index (χ1n) is 8.33. The van der Waals surface area contributed by atoms with Crippen molar-refractivity contribution in [3.63, 3.8) is 0 Å². The third-order valence-corrected chi connectivity index (χ3v) is 4.82. The third kappa shape index (κ3) is 4.87. The molecule has 3 rings (SSSR count). The molecule has 25 heavy (non-hydrogen) atoms. The lowest BCUT2D eigenvalue weighted by Gasteiger charge is -2.09. The van der Waals surface area contributed by atoms with Crippen LogP contribution in [-0.2, 0) is 20.7 Å². The molecule has 7 heteroatoms. The SMILES string of the molecule is CC(=O)Nc1ccc(-c2csc(CCNC(=O)C3CCCO3)n2)cc1. The quantitative estimate of drug-likeness (QED) is 0.831. The number of nitrogens with one attached hydrogen (secondary N) is 2. The molecule has 0 bridgehead atoms. The van der Waals surface area contributed by atoms with E-state index in [1.807, 2.05) is 29.6 Å². The van der Waals surface area contributed by atoms with Gasteiger partial charge in [-0.1, -0.05) is 12.1 Å². The van der Waals surface area contributed by atoms with E-state index >= 15 is 0 Å². The summed E-state index contributed by atoms with van der Waals surface area (Å²) in [5.41, 5.74) is 2.67. The second kappa shape index (κ2) is 8.22. The Labute approximate surface area is 150 Å². The Morgan fingerprint density at radius 2 is 2.12 bits per heavy atom. The van der Waals surface area contributed by atoms with Gasteiger partial charge in [0.25, 0.3) is 0 Å². The third-order valence-electron chi connectivity index (χ3n) is 3.91. The number of ether oxygens (including phenoxy) is 1. The molecule has 1 fully saturated rings. The molecule has 6 nitrogen and oxygen atoms in total. The van der Waals surface area contributed by atoms with Gasteiger partial charge in [0.05, 0.1) is 10.7 Å². The average Bonchev–Trinajstić information content (AvgIpc) is 3.27. The maximum absolute atomic E-state index is 11.9. The lowest BCUT2D eigenvalue weighted by atomic mass is 10.1.